The highest BCUT2D eigenvalue weighted by atomic mass is 79.9. The molecule has 15 heavy (non-hydrogen) atoms. The average Bonchev–Trinajstić information content (AvgIpc) is 1.99. The predicted molar refractivity (Wildman–Crippen MR) is 65.2 cm³/mol. The van der Waals surface area contributed by atoms with Crippen LogP contribution in [0.2, 0.25) is 0 Å². The fourth-order valence-corrected chi connectivity index (χ4v) is 3.29. The van der Waals surface area contributed by atoms with Crippen LogP contribution >= 0.6 is 31.9 Å². The Bertz CT molecular complexity index is 473. The molecule has 1 rings (SSSR count). The van der Waals surface area contributed by atoms with Crippen LogP contribution in [-0.4, -0.2) is 15.5 Å². The predicted octanol–water partition coefficient (Wildman–Crippen LogP) is 2.01. The smallest absolute Gasteiger partial charge is 0.213 e. The summed E-state index contributed by atoms with van der Waals surface area (Å²) in [6.07, 6.45) is 0. The van der Waals surface area contributed by atoms with E-state index in [2.05, 4.69) is 31.9 Å². The van der Waals surface area contributed by atoms with Gasteiger partial charge >= 0.3 is 0 Å². The zero-order valence-corrected chi connectivity index (χ0v) is 11.8. The number of nitrogens with two attached hydrogens (primary N) is 1. The first-order chi connectivity index (χ1) is 6.83. The zero-order valence-electron chi connectivity index (χ0n) is 7.83. The minimum atomic E-state index is -3.56. The van der Waals surface area contributed by atoms with E-state index in [0.29, 0.717) is 15.8 Å². The Morgan fingerprint density at radius 2 is 2.00 bits per heavy atom. The highest BCUT2D eigenvalue weighted by Crippen LogP contribution is 2.33. The van der Waals surface area contributed by atoms with Crippen molar-refractivity contribution < 1.29 is 13.2 Å². The third-order valence-electron chi connectivity index (χ3n) is 1.65. The number of sulfonamides is 1. The molecular weight excluding hydrogens is 350 g/mol. The SMILES string of the molecule is COc1c(Br)cc(Br)cc1CS(N)(=O)=O. The van der Waals surface area contributed by atoms with Gasteiger partial charge in [0.2, 0.25) is 10.0 Å². The lowest BCUT2D eigenvalue weighted by atomic mass is 10.2. The zero-order chi connectivity index (χ0) is 11.6. The van der Waals surface area contributed by atoms with Gasteiger partial charge in [0.1, 0.15) is 5.75 Å². The monoisotopic (exact) mass is 357 g/mol. The second kappa shape index (κ2) is 4.82. The number of halogens is 2. The van der Waals surface area contributed by atoms with Crippen molar-refractivity contribution in [3.63, 3.8) is 0 Å². The van der Waals surface area contributed by atoms with Crippen molar-refractivity contribution in [1.82, 2.24) is 0 Å². The van der Waals surface area contributed by atoms with Gasteiger partial charge in [0.05, 0.1) is 17.3 Å². The lowest BCUT2D eigenvalue weighted by Gasteiger charge is -2.10. The molecule has 0 aromatic heterocycles. The van der Waals surface area contributed by atoms with Gasteiger partial charge in [0.25, 0.3) is 0 Å². The van der Waals surface area contributed by atoms with E-state index in [1.807, 2.05) is 0 Å². The maximum absolute atomic E-state index is 11.0. The molecule has 0 aliphatic rings. The van der Waals surface area contributed by atoms with Crippen molar-refractivity contribution in [2.75, 3.05) is 7.11 Å². The van der Waals surface area contributed by atoms with E-state index in [-0.39, 0.29) is 5.75 Å². The van der Waals surface area contributed by atoms with Crippen molar-refractivity contribution in [2.45, 2.75) is 5.75 Å². The summed E-state index contributed by atoms with van der Waals surface area (Å²) in [7, 11) is -2.09. The van der Waals surface area contributed by atoms with Crippen molar-refractivity contribution in [3.8, 4) is 5.75 Å². The lowest BCUT2D eigenvalue weighted by Crippen LogP contribution is -2.15. The van der Waals surface area contributed by atoms with Gasteiger partial charge in [0, 0.05) is 10.0 Å². The van der Waals surface area contributed by atoms with Crippen LogP contribution in [-0.2, 0) is 15.8 Å². The standard InChI is InChI=1S/C8H9Br2NO3S/c1-14-8-5(4-15(11,12)13)2-6(9)3-7(8)10/h2-3H,4H2,1H3,(H2,11,12,13). The fraction of sp³-hybridized carbons (Fsp3) is 0.250. The van der Waals surface area contributed by atoms with Gasteiger partial charge in [-0.15, -0.1) is 0 Å². The molecule has 0 atom stereocenters. The van der Waals surface area contributed by atoms with E-state index in [1.165, 1.54) is 7.11 Å². The molecule has 0 saturated heterocycles. The molecule has 0 aliphatic carbocycles. The third kappa shape index (κ3) is 3.75. The Morgan fingerprint density at radius 1 is 1.40 bits per heavy atom. The lowest BCUT2D eigenvalue weighted by molar-refractivity contribution is 0.408. The van der Waals surface area contributed by atoms with Gasteiger partial charge in [-0.1, -0.05) is 15.9 Å². The maximum atomic E-state index is 11.0. The van der Waals surface area contributed by atoms with Gasteiger partial charge in [-0.2, -0.15) is 0 Å². The van der Waals surface area contributed by atoms with Crippen LogP contribution < -0.4 is 9.88 Å². The first-order valence-corrected chi connectivity index (χ1v) is 7.16. The van der Waals surface area contributed by atoms with Crippen LogP contribution in [0.25, 0.3) is 0 Å². The fourth-order valence-electron chi connectivity index (χ4n) is 1.17. The highest BCUT2D eigenvalue weighted by Gasteiger charge is 2.14. The molecule has 0 aliphatic heterocycles. The molecule has 0 unspecified atom stereocenters. The molecule has 0 spiro atoms. The Balaban J connectivity index is 3.27. The van der Waals surface area contributed by atoms with E-state index in [0.717, 1.165) is 4.47 Å². The van der Waals surface area contributed by atoms with Crippen LogP contribution in [0.4, 0.5) is 0 Å². The molecule has 2 N–H and O–H groups in total. The van der Waals surface area contributed by atoms with Crippen LogP contribution in [0.1, 0.15) is 5.56 Å². The van der Waals surface area contributed by atoms with Crippen LogP contribution in [0.15, 0.2) is 21.1 Å². The quantitative estimate of drug-likeness (QED) is 0.898. The molecule has 84 valence electrons. The Hall–Kier alpha value is -0.110. The number of hydrogen-bond acceptors (Lipinski definition) is 3. The molecule has 7 heteroatoms. The number of ether oxygens (including phenoxy) is 1. The minimum absolute atomic E-state index is 0.256. The van der Waals surface area contributed by atoms with E-state index >= 15 is 0 Å². The van der Waals surface area contributed by atoms with E-state index in [9.17, 15) is 8.42 Å². The van der Waals surface area contributed by atoms with Crippen molar-refractivity contribution in [1.29, 1.82) is 0 Å². The molecule has 0 radical (unpaired) electrons. The summed E-state index contributed by atoms with van der Waals surface area (Å²) in [6, 6.07) is 3.43. The van der Waals surface area contributed by atoms with Gasteiger partial charge in [0.15, 0.2) is 0 Å². The summed E-state index contributed by atoms with van der Waals surface area (Å²) < 4.78 is 28.5. The summed E-state index contributed by atoms with van der Waals surface area (Å²) in [4.78, 5) is 0. The van der Waals surface area contributed by atoms with Crippen molar-refractivity contribution >= 4 is 41.9 Å². The Labute approximate surface area is 105 Å². The molecule has 0 amide bonds. The Kier molecular flexibility index (Phi) is 4.16. The second-order valence-electron chi connectivity index (χ2n) is 2.89. The molecule has 4 nitrogen and oxygen atoms in total. The summed E-state index contributed by atoms with van der Waals surface area (Å²) in [5, 5.41) is 4.98. The summed E-state index contributed by atoms with van der Waals surface area (Å²) >= 11 is 6.54. The number of benzene rings is 1. The number of methoxy groups -OCH3 is 1. The average molecular weight is 359 g/mol. The van der Waals surface area contributed by atoms with Gasteiger partial charge < -0.3 is 4.74 Å². The van der Waals surface area contributed by atoms with Gasteiger partial charge in [-0.05, 0) is 28.1 Å². The first kappa shape index (κ1) is 13.0. The summed E-state index contributed by atoms with van der Waals surface area (Å²) in [5.74, 6) is 0.223. The molecule has 0 bridgehead atoms. The van der Waals surface area contributed by atoms with Gasteiger partial charge in [-0.3, -0.25) is 0 Å². The first-order valence-electron chi connectivity index (χ1n) is 3.86. The minimum Gasteiger partial charge on any atom is -0.495 e. The molecule has 0 heterocycles. The second-order valence-corrected chi connectivity index (χ2v) is 6.27. The molecule has 1 aromatic carbocycles. The molecular formula is C8H9Br2NO3S. The number of rotatable bonds is 3. The van der Waals surface area contributed by atoms with Gasteiger partial charge in [-0.25, -0.2) is 13.6 Å². The summed E-state index contributed by atoms with van der Waals surface area (Å²) in [5.41, 5.74) is 0.515. The maximum Gasteiger partial charge on any atom is 0.213 e. The van der Waals surface area contributed by atoms with E-state index in [4.69, 9.17) is 9.88 Å². The summed E-state index contributed by atoms with van der Waals surface area (Å²) in [6.45, 7) is 0. The van der Waals surface area contributed by atoms with Crippen LogP contribution in [0.3, 0.4) is 0 Å². The molecule has 0 fully saturated rings. The largest absolute Gasteiger partial charge is 0.495 e. The third-order valence-corrected chi connectivity index (χ3v) is 3.41. The molecule has 1 aromatic rings. The van der Waals surface area contributed by atoms with Crippen LogP contribution in [0, 0.1) is 0 Å². The number of primary sulfonamides is 1. The highest BCUT2D eigenvalue weighted by molar-refractivity contribution is 9.11. The van der Waals surface area contributed by atoms with Crippen LogP contribution in [0.5, 0.6) is 5.75 Å². The Morgan fingerprint density at radius 3 is 2.47 bits per heavy atom. The topological polar surface area (TPSA) is 69.4 Å². The molecule has 0 saturated carbocycles. The van der Waals surface area contributed by atoms with Crippen molar-refractivity contribution in [3.05, 3.63) is 26.6 Å². The normalized spacial score (nSPS) is 11.5. The van der Waals surface area contributed by atoms with E-state index in [1.54, 1.807) is 12.1 Å². The van der Waals surface area contributed by atoms with E-state index < -0.39 is 10.0 Å². The van der Waals surface area contributed by atoms with Crippen molar-refractivity contribution in [2.24, 2.45) is 5.14 Å². The number of hydrogen-bond donors (Lipinski definition) is 1.